The van der Waals surface area contributed by atoms with Crippen molar-refractivity contribution in [3.8, 4) is 5.75 Å². The third-order valence-electron chi connectivity index (χ3n) is 4.65. The van der Waals surface area contributed by atoms with Crippen molar-refractivity contribution >= 4 is 17.6 Å². The number of ether oxygens (including phenoxy) is 3. The van der Waals surface area contributed by atoms with Gasteiger partial charge in [0.05, 0.1) is 14.2 Å². The molecule has 0 saturated heterocycles. The van der Waals surface area contributed by atoms with Crippen LogP contribution >= 0.6 is 0 Å². The molecule has 1 aromatic carbocycles. The van der Waals surface area contributed by atoms with E-state index in [1.807, 2.05) is 6.92 Å². The van der Waals surface area contributed by atoms with Gasteiger partial charge in [0.1, 0.15) is 16.9 Å². The van der Waals surface area contributed by atoms with Gasteiger partial charge in [0, 0.05) is 12.3 Å². The average Bonchev–Trinajstić information content (AvgIpc) is 2.61. The minimum atomic E-state index is -0.808. The SMILES string of the molecule is CCO[C@]1(C(=O)Nc2ccc(OC)c(C(=O)OC)c2)CCC[C@@H](C)C1. The van der Waals surface area contributed by atoms with Crippen molar-refractivity contribution in [1.29, 1.82) is 0 Å². The van der Waals surface area contributed by atoms with E-state index >= 15 is 0 Å². The maximum atomic E-state index is 12.9. The van der Waals surface area contributed by atoms with Gasteiger partial charge in [-0.3, -0.25) is 4.79 Å². The fraction of sp³-hybridized carbons (Fsp3) is 0.579. The molecular weight excluding hydrogens is 322 g/mol. The third kappa shape index (κ3) is 4.31. The Balaban J connectivity index is 2.25. The molecule has 138 valence electrons. The second-order valence-electron chi connectivity index (χ2n) is 6.49. The monoisotopic (exact) mass is 349 g/mol. The summed E-state index contributed by atoms with van der Waals surface area (Å²) in [7, 11) is 2.79. The van der Waals surface area contributed by atoms with Crippen LogP contribution in [0.25, 0.3) is 0 Å². The molecular formula is C19H27NO5. The van der Waals surface area contributed by atoms with E-state index in [9.17, 15) is 9.59 Å². The molecule has 0 aromatic heterocycles. The van der Waals surface area contributed by atoms with E-state index in [1.54, 1.807) is 18.2 Å². The van der Waals surface area contributed by atoms with E-state index in [0.29, 0.717) is 36.8 Å². The van der Waals surface area contributed by atoms with Gasteiger partial charge in [-0.25, -0.2) is 4.79 Å². The minimum Gasteiger partial charge on any atom is -0.496 e. The number of amides is 1. The quantitative estimate of drug-likeness (QED) is 0.797. The summed E-state index contributed by atoms with van der Waals surface area (Å²) in [5.74, 6) is 0.156. The van der Waals surface area contributed by atoms with Crippen molar-refractivity contribution in [2.75, 3.05) is 26.1 Å². The largest absolute Gasteiger partial charge is 0.496 e. The van der Waals surface area contributed by atoms with Crippen molar-refractivity contribution in [2.45, 2.75) is 45.1 Å². The summed E-state index contributed by atoms with van der Waals surface area (Å²) in [6, 6.07) is 4.91. The van der Waals surface area contributed by atoms with Gasteiger partial charge in [-0.2, -0.15) is 0 Å². The first-order valence-corrected chi connectivity index (χ1v) is 8.67. The molecule has 6 nitrogen and oxygen atoms in total. The molecule has 1 aromatic rings. The van der Waals surface area contributed by atoms with Gasteiger partial charge in [0.25, 0.3) is 5.91 Å². The maximum absolute atomic E-state index is 12.9. The summed E-state index contributed by atoms with van der Waals surface area (Å²) in [5, 5.41) is 2.90. The molecule has 25 heavy (non-hydrogen) atoms. The molecule has 1 aliphatic rings. The van der Waals surface area contributed by atoms with Crippen LogP contribution in [-0.4, -0.2) is 38.3 Å². The Labute approximate surface area is 148 Å². The number of benzene rings is 1. The molecule has 1 saturated carbocycles. The molecule has 0 unspecified atom stereocenters. The Kier molecular flexibility index (Phi) is 6.42. The highest BCUT2D eigenvalue weighted by Crippen LogP contribution is 2.36. The fourth-order valence-corrected chi connectivity index (χ4v) is 3.48. The van der Waals surface area contributed by atoms with E-state index in [4.69, 9.17) is 14.2 Å². The summed E-state index contributed by atoms with van der Waals surface area (Å²) in [4.78, 5) is 24.8. The van der Waals surface area contributed by atoms with Crippen LogP contribution in [0.1, 0.15) is 49.9 Å². The van der Waals surface area contributed by atoms with Crippen LogP contribution in [0.15, 0.2) is 18.2 Å². The first-order valence-electron chi connectivity index (χ1n) is 8.67. The zero-order chi connectivity index (χ0) is 18.4. The molecule has 1 N–H and O–H groups in total. The average molecular weight is 349 g/mol. The predicted octanol–water partition coefficient (Wildman–Crippen LogP) is 3.41. The molecule has 6 heteroatoms. The van der Waals surface area contributed by atoms with Crippen molar-refractivity contribution in [3.63, 3.8) is 0 Å². The van der Waals surface area contributed by atoms with Crippen LogP contribution < -0.4 is 10.1 Å². The van der Waals surface area contributed by atoms with Gasteiger partial charge < -0.3 is 19.5 Å². The van der Waals surface area contributed by atoms with Crippen molar-refractivity contribution in [1.82, 2.24) is 0 Å². The van der Waals surface area contributed by atoms with Crippen LogP contribution in [0.4, 0.5) is 5.69 Å². The molecule has 2 atom stereocenters. The number of methoxy groups -OCH3 is 2. The first kappa shape index (κ1) is 19.2. The van der Waals surface area contributed by atoms with Crippen molar-refractivity contribution < 1.29 is 23.8 Å². The van der Waals surface area contributed by atoms with Crippen molar-refractivity contribution in [2.24, 2.45) is 5.92 Å². The lowest BCUT2D eigenvalue weighted by Gasteiger charge is -2.38. The van der Waals surface area contributed by atoms with E-state index in [1.165, 1.54) is 14.2 Å². The second-order valence-corrected chi connectivity index (χ2v) is 6.49. The fourth-order valence-electron chi connectivity index (χ4n) is 3.48. The number of hydrogen-bond acceptors (Lipinski definition) is 5. The van der Waals surface area contributed by atoms with Crippen molar-refractivity contribution in [3.05, 3.63) is 23.8 Å². The number of esters is 1. The highest BCUT2D eigenvalue weighted by atomic mass is 16.5. The Morgan fingerprint density at radius 1 is 1.32 bits per heavy atom. The molecule has 0 radical (unpaired) electrons. The zero-order valence-corrected chi connectivity index (χ0v) is 15.4. The molecule has 2 rings (SSSR count). The normalized spacial score (nSPS) is 23.0. The highest BCUT2D eigenvalue weighted by molar-refractivity contribution is 5.99. The minimum absolute atomic E-state index is 0.165. The Morgan fingerprint density at radius 3 is 2.68 bits per heavy atom. The smallest absolute Gasteiger partial charge is 0.341 e. The van der Waals surface area contributed by atoms with E-state index in [0.717, 1.165) is 12.8 Å². The standard InChI is InChI=1S/C19H27NO5/c1-5-25-19(10-6-7-13(2)12-19)18(22)20-14-8-9-16(23-3)15(11-14)17(21)24-4/h8-9,11,13H,5-7,10,12H2,1-4H3,(H,20,22)/t13-,19-/m1/s1. The molecule has 1 aliphatic carbocycles. The lowest BCUT2D eigenvalue weighted by molar-refractivity contribution is -0.147. The number of carbonyl (C=O) groups is 2. The van der Waals surface area contributed by atoms with Crippen LogP contribution in [0.3, 0.4) is 0 Å². The summed E-state index contributed by atoms with van der Waals surface area (Å²) in [5.41, 5.74) is -0.0219. The summed E-state index contributed by atoms with van der Waals surface area (Å²) >= 11 is 0. The highest BCUT2D eigenvalue weighted by Gasteiger charge is 2.42. The van der Waals surface area contributed by atoms with Gasteiger partial charge in [0.2, 0.25) is 0 Å². The molecule has 0 heterocycles. The van der Waals surface area contributed by atoms with Crippen LogP contribution in [0, 0.1) is 5.92 Å². The summed E-state index contributed by atoms with van der Waals surface area (Å²) < 4.78 is 15.8. The summed E-state index contributed by atoms with van der Waals surface area (Å²) in [6.45, 7) is 4.52. The van der Waals surface area contributed by atoms with Crippen LogP contribution in [0.2, 0.25) is 0 Å². The molecule has 0 aliphatic heterocycles. The Bertz CT molecular complexity index is 626. The number of anilines is 1. The lowest BCUT2D eigenvalue weighted by atomic mass is 9.78. The molecule has 1 amide bonds. The number of rotatable bonds is 6. The predicted molar refractivity (Wildman–Crippen MR) is 95.0 cm³/mol. The number of carbonyl (C=O) groups excluding carboxylic acids is 2. The molecule has 1 fully saturated rings. The van der Waals surface area contributed by atoms with E-state index < -0.39 is 11.6 Å². The van der Waals surface area contributed by atoms with Gasteiger partial charge in [-0.1, -0.05) is 13.3 Å². The van der Waals surface area contributed by atoms with Crippen LogP contribution in [-0.2, 0) is 14.3 Å². The topological polar surface area (TPSA) is 73.9 Å². The summed E-state index contributed by atoms with van der Waals surface area (Å²) in [6.07, 6.45) is 3.48. The zero-order valence-electron chi connectivity index (χ0n) is 15.4. The Morgan fingerprint density at radius 2 is 2.08 bits per heavy atom. The first-order chi connectivity index (χ1) is 12.0. The molecule has 0 bridgehead atoms. The van der Waals surface area contributed by atoms with E-state index in [2.05, 4.69) is 12.2 Å². The van der Waals surface area contributed by atoms with Crippen LogP contribution in [0.5, 0.6) is 5.75 Å². The molecule has 0 spiro atoms. The van der Waals surface area contributed by atoms with E-state index in [-0.39, 0.29) is 11.5 Å². The van der Waals surface area contributed by atoms with Gasteiger partial charge in [-0.05, 0) is 50.3 Å². The van der Waals surface area contributed by atoms with Gasteiger partial charge in [0.15, 0.2) is 0 Å². The second kappa shape index (κ2) is 8.34. The number of nitrogens with one attached hydrogen (secondary N) is 1. The van der Waals surface area contributed by atoms with Gasteiger partial charge >= 0.3 is 5.97 Å². The third-order valence-corrected chi connectivity index (χ3v) is 4.65. The lowest BCUT2D eigenvalue weighted by Crippen LogP contribution is -2.48. The number of hydrogen-bond donors (Lipinski definition) is 1. The maximum Gasteiger partial charge on any atom is 0.341 e. The Hall–Kier alpha value is -2.08. The van der Waals surface area contributed by atoms with Gasteiger partial charge in [-0.15, -0.1) is 0 Å².